The second-order valence-electron chi connectivity index (χ2n) is 7.47. The molecule has 0 aromatic heterocycles. The van der Waals surface area contributed by atoms with Gasteiger partial charge in [-0.2, -0.15) is 0 Å². The number of ether oxygens (including phenoxy) is 3. The van der Waals surface area contributed by atoms with Crippen molar-refractivity contribution in [2.24, 2.45) is 0 Å². The molecule has 3 aromatic rings. The first-order valence-electron chi connectivity index (χ1n) is 10.5. The van der Waals surface area contributed by atoms with Crippen molar-refractivity contribution in [3.8, 4) is 17.2 Å². The maximum atomic E-state index is 13.4. The second kappa shape index (κ2) is 10.9. The quantitative estimate of drug-likeness (QED) is 0.473. The van der Waals surface area contributed by atoms with Gasteiger partial charge in [0.2, 0.25) is 11.7 Å². The molecule has 8 nitrogen and oxygen atoms in total. The summed E-state index contributed by atoms with van der Waals surface area (Å²) < 4.78 is 43.9. The van der Waals surface area contributed by atoms with Gasteiger partial charge in [-0.1, -0.05) is 30.3 Å². The highest BCUT2D eigenvalue weighted by atomic mass is 32.2. The van der Waals surface area contributed by atoms with Crippen molar-refractivity contribution in [1.82, 2.24) is 5.32 Å². The summed E-state index contributed by atoms with van der Waals surface area (Å²) in [6.07, 6.45) is 0. The van der Waals surface area contributed by atoms with E-state index in [1.807, 2.05) is 13.0 Å². The van der Waals surface area contributed by atoms with Crippen molar-refractivity contribution in [3.05, 3.63) is 77.9 Å². The number of nitrogens with one attached hydrogen (secondary N) is 1. The molecule has 3 rings (SSSR count). The summed E-state index contributed by atoms with van der Waals surface area (Å²) in [4.78, 5) is 13.0. The Labute approximate surface area is 200 Å². The highest BCUT2D eigenvalue weighted by Crippen LogP contribution is 2.38. The molecule has 0 heterocycles. The molecule has 0 bridgehead atoms. The summed E-state index contributed by atoms with van der Waals surface area (Å²) in [6, 6.07) is 18.5. The molecule has 0 fully saturated rings. The Morgan fingerprint density at radius 3 is 2.09 bits per heavy atom. The number of aryl methyl sites for hydroxylation is 1. The van der Waals surface area contributed by atoms with Gasteiger partial charge < -0.3 is 19.5 Å². The molecule has 0 aliphatic carbocycles. The zero-order valence-corrected chi connectivity index (χ0v) is 20.4. The number of amides is 1. The van der Waals surface area contributed by atoms with Crippen LogP contribution in [0.5, 0.6) is 17.2 Å². The average molecular weight is 485 g/mol. The lowest BCUT2D eigenvalue weighted by atomic mass is 10.1. The van der Waals surface area contributed by atoms with Gasteiger partial charge in [-0.05, 0) is 54.4 Å². The van der Waals surface area contributed by atoms with Crippen LogP contribution in [0.25, 0.3) is 0 Å². The van der Waals surface area contributed by atoms with E-state index in [0.29, 0.717) is 28.5 Å². The number of sulfonamides is 1. The van der Waals surface area contributed by atoms with E-state index in [2.05, 4.69) is 5.32 Å². The van der Waals surface area contributed by atoms with Gasteiger partial charge in [-0.15, -0.1) is 0 Å². The largest absolute Gasteiger partial charge is 0.493 e. The first kappa shape index (κ1) is 24.9. The Bertz CT molecular complexity index is 1220. The number of carbonyl (C=O) groups is 1. The predicted molar refractivity (Wildman–Crippen MR) is 130 cm³/mol. The van der Waals surface area contributed by atoms with E-state index in [0.717, 1.165) is 9.87 Å². The van der Waals surface area contributed by atoms with Crippen molar-refractivity contribution in [3.63, 3.8) is 0 Å². The van der Waals surface area contributed by atoms with Crippen LogP contribution in [0.3, 0.4) is 0 Å². The minimum absolute atomic E-state index is 0.105. The Morgan fingerprint density at radius 2 is 1.53 bits per heavy atom. The fourth-order valence-corrected chi connectivity index (χ4v) is 4.88. The average Bonchev–Trinajstić information content (AvgIpc) is 2.85. The molecule has 0 aliphatic heterocycles. The Balaban J connectivity index is 1.84. The Kier molecular flexibility index (Phi) is 8.01. The molecule has 0 saturated carbocycles. The summed E-state index contributed by atoms with van der Waals surface area (Å²) in [6.45, 7) is 1.62. The number of methoxy groups -OCH3 is 3. The van der Waals surface area contributed by atoms with Crippen LogP contribution in [-0.2, 0) is 21.4 Å². The molecule has 0 unspecified atom stereocenters. The Hall–Kier alpha value is -3.72. The monoisotopic (exact) mass is 484 g/mol. The van der Waals surface area contributed by atoms with Gasteiger partial charge in [0.15, 0.2) is 11.5 Å². The topological polar surface area (TPSA) is 94.2 Å². The molecule has 0 aliphatic rings. The van der Waals surface area contributed by atoms with E-state index in [4.69, 9.17) is 14.2 Å². The first-order chi connectivity index (χ1) is 16.3. The van der Waals surface area contributed by atoms with Gasteiger partial charge in [0.05, 0.1) is 31.9 Å². The molecule has 0 saturated heterocycles. The molecule has 180 valence electrons. The summed E-state index contributed by atoms with van der Waals surface area (Å²) in [5.41, 5.74) is 1.99. The van der Waals surface area contributed by atoms with Crippen molar-refractivity contribution in [2.75, 3.05) is 32.2 Å². The predicted octanol–water partition coefficient (Wildman–Crippen LogP) is 3.53. The fraction of sp³-hybridized carbons (Fsp3) is 0.240. The van der Waals surface area contributed by atoms with Crippen molar-refractivity contribution < 1.29 is 27.4 Å². The Morgan fingerprint density at radius 1 is 0.882 bits per heavy atom. The molecular formula is C25H28N2O6S. The van der Waals surface area contributed by atoms with Crippen molar-refractivity contribution in [1.29, 1.82) is 0 Å². The number of nitrogens with zero attached hydrogens (tertiary/aromatic N) is 1. The van der Waals surface area contributed by atoms with E-state index in [1.165, 1.54) is 33.5 Å². The lowest BCUT2D eigenvalue weighted by Gasteiger charge is -2.24. The van der Waals surface area contributed by atoms with Crippen LogP contribution < -0.4 is 23.8 Å². The zero-order valence-electron chi connectivity index (χ0n) is 19.6. The van der Waals surface area contributed by atoms with Gasteiger partial charge in [-0.25, -0.2) is 8.42 Å². The normalized spacial score (nSPS) is 10.9. The molecule has 3 aromatic carbocycles. The molecule has 0 spiro atoms. The number of rotatable bonds is 10. The number of carbonyl (C=O) groups excluding carboxylic acids is 1. The van der Waals surface area contributed by atoms with Crippen LogP contribution in [0.15, 0.2) is 71.6 Å². The number of hydrogen-bond acceptors (Lipinski definition) is 6. The maximum Gasteiger partial charge on any atom is 0.264 e. The highest BCUT2D eigenvalue weighted by molar-refractivity contribution is 7.92. The number of hydrogen-bond donors (Lipinski definition) is 1. The van der Waals surface area contributed by atoms with Gasteiger partial charge in [-0.3, -0.25) is 9.10 Å². The zero-order chi connectivity index (χ0) is 24.7. The second-order valence-corrected chi connectivity index (χ2v) is 9.34. The van der Waals surface area contributed by atoms with E-state index in [9.17, 15) is 13.2 Å². The number of benzene rings is 3. The lowest BCUT2D eigenvalue weighted by Crippen LogP contribution is -2.40. The third-order valence-corrected chi connectivity index (χ3v) is 6.91. The van der Waals surface area contributed by atoms with Gasteiger partial charge in [0, 0.05) is 6.54 Å². The molecule has 1 N–H and O–H groups in total. The van der Waals surface area contributed by atoms with E-state index < -0.39 is 15.9 Å². The van der Waals surface area contributed by atoms with Gasteiger partial charge in [0.25, 0.3) is 10.0 Å². The molecule has 1 amide bonds. The number of anilines is 1. The molecule has 0 atom stereocenters. The van der Waals surface area contributed by atoms with Crippen LogP contribution in [0.4, 0.5) is 5.69 Å². The smallest absolute Gasteiger partial charge is 0.264 e. The maximum absolute atomic E-state index is 13.4. The fourth-order valence-electron chi connectivity index (χ4n) is 3.44. The third-order valence-electron chi connectivity index (χ3n) is 5.12. The van der Waals surface area contributed by atoms with E-state index >= 15 is 0 Å². The lowest BCUT2D eigenvalue weighted by molar-refractivity contribution is -0.119. The van der Waals surface area contributed by atoms with Gasteiger partial charge >= 0.3 is 0 Å². The van der Waals surface area contributed by atoms with Crippen LogP contribution in [0, 0.1) is 6.92 Å². The van der Waals surface area contributed by atoms with Crippen LogP contribution in [0.2, 0.25) is 0 Å². The minimum Gasteiger partial charge on any atom is -0.493 e. The summed E-state index contributed by atoms with van der Waals surface area (Å²) in [5.74, 6) is 0.896. The minimum atomic E-state index is -3.96. The highest BCUT2D eigenvalue weighted by Gasteiger charge is 2.27. The summed E-state index contributed by atoms with van der Waals surface area (Å²) in [7, 11) is 0.561. The SMILES string of the molecule is COc1cc(CNC(=O)CN(c2cccc(C)c2)S(=O)(=O)c2ccccc2)cc(OC)c1OC. The van der Waals surface area contributed by atoms with Crippen LogP contribution in [-0.4, -0.2) is 42.2 Å². The van der Waals surface area contributed by atoms with Crippen LogP contribution in [0.1, 0.15) is 11.1 Å². The molecule has 34 heavy (non-hydrogen) atoms. The first-order valence-corrected chi connectivity index (χ1v) is 11.9. The van der Waals surface area contributed by atoms with Gasteiger partial charge in [0.1, 0.15) is 6.54 Å². The van der Waals surface area contributed by atoms with Crippen molar-refractivity contribution >= 4 is 21.6 Å². The molecule has 0 radical (unpaired) electrons. The van der Waals surface area contributed by atoms with Crippen LogP contribution >= 0.6 is 0 Å². The molecular weight excluding hydrogens is 456 g/mol. The summed E-state index contributed by atoms with van der Waals surface area (Å²) in [5, 5.41) is 2.78. The molecule has 9 heteroatoms. The summed E-state index contributed by atoms with van der Waals surface area (Å²) >= 11 is 0. The standard InChI is InChI=1S/C25H28N2O6S/c1-18-9-8-10-20(13-18)27(34(29,30)21-11-6-5-7-12-21)17-24(28)26-16-19-14-22(31-2)25(33-4)23(15-19)32-3/h5-15H,16-17H2,1-4H3,(H,26,28). The third kappa shape index (κ3) is 5.60. The van der Waals surface area contributed by atoms with Crippen molar-refractivity contribution in [2.45, 2.75) is 18.4 Å². The van der Waals surface area contributed by atoms with E-state index in [1.54, 1.807) is 48.5 Å². The van der Waals surface area contributed by atoms with E-state index in [-0.39, 0.29) is 18.0 Å².